The van der Waals surface area contributed by atoms with Crippen molar-refractivity contribution in [2.75, 3.05) is 0 Å². The highest BCUT2D eigenvalue weighted by Crippen LogP contribution is 2.37. The first-order valence-corrected chi connectivity index (χ1v) is 7.09. The van der Waals surface area contributed by atoms with Crippen LogP contribution in [0.1, 0.15) is 46.7 Å². The van der Waals surface area contributed by atoms with E-state index in [9.17, 15) is 9.90 Å². The summed E-state index contributed by atoms with van der Waals surface area (Å²) >= 11 is 0. The van der Waals surface area contributed by atoms with Crippen LogP contribution in [0, 0.1) is 6.92 Å². The Hall–Kier alpha value is -2.09. The Kier molecular flexibility index (Phi) is 3.31. The molecule has 20 heavy (non-hydrogen) atoms. The molecule has 1 aliphatic rings. The number of carbonyl (C=O) groups is 1. The van der Waals surface area contributed by atoms with Crippen molar-refractivity contribution in [3.05, 3.63) is 59.2 Å². The monoisotopic (exact) mass is 266 g/mol. The SMILES string of the molecule is Cc1ccc(C(=O)O)c(-c2ccc(C3CCC3)cc2)c1. The quantitative estimate of drug-likeness (QED) is 0.879. The third kappa shape index (κ3) is 2.34. The Bertz CT molecular complexity index is 637. The number of aryl methyl sites for hydroxylation is 1. The second-order valence-corrected chi connectivity index (χ2v) is 5.60. The van der Waals surface area contributed by atoms with Gasteiger partial charge in [-0.1, -0.05) is 48.4 Å². The van der Waals surface area contributed by atoms with Crippen LogP contribution in [-0.2, 0) is 0 Å². The predicted octanol–water partition coefficient (Wildman–Crippen LogP) is 4.63. The summed E-state index contributed by atoms with van der Waals surface area (Å²) in [6.07, 6.45) is 3.89. The highest BCUT2D eigenvalue weighted by Gasteiger charge is 2.19. The zero-order valence-corrected chi connectivity index (χ0v) is 11.6. The van der Waals surface area contributed by atoms with Crippen molar-refractivity contribution in [1.82, 2.24) is 0 Å². The summed E-state index contributed by atoms with van der Waals surface area (Å²) in [4.78, 5) is 11.3. The molecule has 0 aromatic heterocycles. The molecule has 0 radical (unpaired) electrons. The molecule has 0 unspecified atom stereocenters. The van der Waals surface area contributed by atoms with Crippen LogP contribution in [0.4, 0.5) is 0 Å². The summed E-state index contributed by atoms with van der Waals surface area (Å²) in [5.41, 5.74) is 4.61. The van der Waals surface area contributed by atoms with Gasteiger partial charge in [0.1, 0.15) is 0 Å². The predicted molar refractivity (Wildman–Crippen MR) is 80.2 cm³/mol. The van der Waals surface area contributed by atoms with E-state index in [0.717, 1.165) is 16.7 Å². The van der Waals surface area contributed by atoms with Gasteiger partial charge >= 0.3 is 5.97 Å². The van der Waals surface area contributed by atoms with Crippen LogP contribution in [-0.4, -0.2) is 11.1 Å². The zero-order chi connectivity index (χ0) is 14.1. The number of carboxylic acid groups (broad SMARTS) is 1. The van der Waals surface area contributed by atoms with Gasteiger partial charge in [-0.15, -0.1) is 0 Å². The molecule has 0 heterocycles. The van der Waals surface area contributed by atoms with E-state index >= 15 is 0 Å². The lowest BCUT2D eigenvalue weighted by molar-refractivity contribution is 0.0697. The van der Waals surface area contributed by atoms with E-state index in [4.69, 9.17) is 0 Å². The topological polar surface area (TPSA) is 37.3 Å². The number of benzene rings is 2. The first-order chi connectivity index (χ1) is 9.65. The summed E-state index contributed by atoms with van der Waals surface area (Å²) in [5, 5.41) is 9.31. The van der Waals surface area contributed by atoms with Crippen molar-refractivity contribution in [2.45, 2.75) is 32.1 Å². The van der Waals surface area contributed by atoms with Crippen LogP contribution in [0.15, 0.2) is 42.5 Å². The third-order valence-corrected chi connectivity index (χ3v) is 4.20. The Labute approximate surface area is 119 Å². The molecule has 0 aliphatic heterocycles. The lowest BCUT2D eigenvalue weighted by Gasteiger charge is -2.25. The van der Waals surface area contributed by atoms with Crippen LogP contribution < -0.4 is 0 Å². The van der Waals surface area contributed by atoms with Gasteiger partial charge in [0, 0.05) is 0 Å². The van der Waals surface area contributed by atoms with Crippen LogP contribution in [0.25, 0.3) is 11.1 Å². The minimum atomic E-state index is -0.872. The summed E-state index contributed by atoms with van der Waals surface area (Å²) < 4.78 is 0. The first-order valence-electron chi connectivity index (χ1n) is 7.09. The molecule has 0 saturated heterocycles. The summed E-state index contributed by atoms with van der Waals surface area (Å²) in [6.45, 7) is 1.98. The van der Waals surface area contributed by atoms with E-state index in [1.54, 1.807) is 6.07 Å². The second-order valence-electron chi connectivity index (χ2n) is 5.60. The minimum absolute atomic E-state index is 0.368. The third-order valence-electron chi connectivity index (χ3n) is 4.20. The Morgan fingerprint density at radius 2 is 1.80 bits per heavy atom. The molecular formula is C18H18O2. The largest absolute Gasteiger partial charge is 0.478 e. The summed E-state index contributed by atoms with van der Waals surface area (Å²) in [7, 11) is 0. The molecular weight excluding hydrogens is 248 g/mol. The minimum Gasteiger partial charge on any atom is -0.478 e. The summed E-state index contributed by atoms with van der Waals surface area (Å²) in [6, 6.07) is 13.9. The van der Waals surface area contributed by atoms with E-state index in [2.05, 4.69) is 24.3 Å². The molecule has 0 amide bonds. The van der Waals surface area contributed by atoms with Gasteiger partial charge in [0.15, 0.2) is 0 Å². The van der Waals surface area contributed by atoms with E-state index in [1.165, 1.54) is 24.8 Å². The van der Waals surface area contributed by atoms with Crippen molar-refractivity contribution < 1.29 is 9.90 Å². The van der Waals surface area contributed by atoms with Gasteiger partial charge in [-0.05, 0) is 48.4 Å². The number of aromatic carboxylic acids is 1. The Morgan fingerprint density at radius 3 is 2.35 bits per heavy atom. The van der Waals surface area contributed by atoms with E-state index in [1.807, 2.05) is 19.1 Å². The molecule has 1 aliphatic carbocycles. The standard InChI is InChI=1S/C18H18O2/c1-12-5-10-16(18(19)20)17(11-12)15-8-6-14(7-9-15)13-3-2-4-13/h5-11,13H,2-4H2,1H3,(H,19,20). The van der Waals surface area contributed by atoms with Crippen LogP contribution in [0.3, 0.4) is 0 Å². The van der Waals surface area contributed by atoms with Crippen molar-refractivity contribution >= 4 is 5.97 Å². The van der Waals surface area contributed by atoms with Gasteiger partial charge in [0.2, 0.25) is 0 Å². The van der Waals surface area contributed by atoms with Crippen LogP contribution in [0.2, 0.25) is 0 Å². The number of hydrogen-bond acceptors (Lipinski definition) is 1. The zero-order valence-electron chi connectivity index (χ0n) is 11.6. The van der Waals surface area contributed by atoms with Crippen LogP contribution >= 0.6 is 0 Å². The van der Waals surface area contributed by atoms with E-state index in [0.29, 0.717) is 11.5 Å². The van der Waals surface area contributed by atoms with Crippen molar-refractivity contribution in [1.29, 1.82) is 0 Å². The van der Waals surface area contributed by atoms with Gasteiger partial charge in [0.25, 0.3) is 0 Å². The maximum Gasteiger partial charge on any atom is 0.336 e. The number of carboxylic acids is 1. The highest BCUT2D eigenvalue weighted by atomic mass is 16.4. The fourth-order valence-electron chi connectivity index (χ4n) is 2.76. The molecule has 3 rings (SSSR count). The maximum absolute atomic E-state index is 11.3. The molecule has 1 N–H and O–H groups in total. The lowest BCUT2D eigenvalue weighted by atomic mass is 9.79. The van der Waals surface area contributed by atoms with Gasteiger partial charge in [0.05, 0.1) is 5.56 Å². The normalized spacial score (nSPS) is 14.8. The van der Waals surface area contributed by atoms with Crippen molar-refractivity contribution in [3.8, 4) is 11.1 Å². The fraction of sp³-hybridized carbons (Fsp3) is 0.278. The Morgan fingerprint density at radius 1 is 1.10 bits per heavy atom. The average molecular weight is 266 g/mol. The molecule has 0 bridgehead atoms. The van der Waals surface area contributed by atoms with E-state index < -0.39 is 5.97 Å². The Balaban J connectivity index is 1.99. The van der Waals surface area contributed by atoms with Gasteiger partial charge < -0.3 is 5.11 Å². The first kappa shape index (κ1) is 12.9. The molecule has 1 fully saturated rings. The molecule has 0 atom stereocenters. The van der Waals surface area contributed by atoms with Crippen LogP contribution in [0.5, 0.6) is 0 Å². The second kappa shape index (κ2) is 5.12. The number of rotatable bonds is 3. The molecule has 2 heteroatoms. The molecule has 1 saturated carbocycles. The molecule has 2 nitrogen and oxygen atoms in total. The molecule has 102 valence electrons. The fourth-order valence-corrected chi connectivity index (χ4v) is 2.76. The molecule has 0 spiro atoms. The lowest BCUT2D eigenvalue weighted by Crippen LogP contribution is -2.08. The van der Waals surface area contributed by atoms with Gasteiger partial charge in [-0.3, -0.25) is 0 Å². The van der Waals surface area contributed by atoms with E-state index in [-0.39, 0.29) is 0 Å². The van der Waals surface area contributed by atoms with Crippen molar-refractivity contribution in [2.24, 2.45) is 0 Å². The highest BCUT2D eigenvalue weighted by molar-refractivity contribution is 5.96. The maximum atomic E-state index is 11.3. The van der Waals surface area contributed by atoms with Gasteiger partial charge in [-0.25, -0.2) is 4.79 Å². The number of hydrogen-bond donors (Lipinski definition) is 1. The van der Waals surface area contributed by atoms with Gasteiger partial charge in [-0.2, -0.15) is 0 Å². The molecule has 2 aromatic rings. The smallest absolute Gasteiger partial charge is 0.336 e. The molecule has 2 aromatic carbocycles. The average Bonchev–Trinajstić information content (AvgIpc) is 2.37. The van der Waals surface area contributed by atoms with Crippen molar-refractivity contribution in [3.63, 3.8) is 0 Å². The summed E-state index contributed by atoms with van der Waals surface area (Å²) in [5.74, 6) is -0.163.